The lowest BCUT2D eigenvalue weighted by Gasteiger charge is -2.23. The molecule has 0 unspecified atom stereocenters. The van der Waals surface area contributed by atoms with E-state index in [4.69, 9.17) is 4.74 Å². The van der Waals surface area contributed by atoms with Crippen molar-refractivity contribution in [2.75, 3.05) is 34.3 Å². The minimum absolute atomic E-state index is 0.0826. The summed E-state index contributed by atoms with van der Waals surface area (Å²) in [4.78, 5) is 11.6. The highest BCUT2D eigenvalue weighted by Gasteiger charge is 2.08. The Kier molecular flexibility index (Phi) is 23.7. The Morgan fingerprint density at radius 3 is 1.60 bits per heavy atom. The van der Waals surface area contributed by atoms with Crippen molar-refractivity contribution in [3.8, 4) is 0 Å². The fraction of sp³-hybridized carbons (Fsp3) is 0.593. The van der Waals surface area contributed by atoms with Crippen LogP contribution >= 0.6 is 0 Å². The second-order valence-corrected chi connectivity index (χ2v) is 7.83. The fourth-order valence-electron chi connectivity index (χ4n) is 2.24. The number of rotatable bonds is 16. The smallest absolute Gasteiger partial charge is 0.306 e. The van der Waals surface area contributed by atoms with Gasteiger partial charge in [-0.25, -0.2) is 0 Å². The molecule has 0 saturated heterocycles. The van der Waals surface area contributed by atoms with Gasteiger partial charge in [0.25, 0.3) is 0 Å². The van der Waals surface area contributed by atoms with Gasteiger partial charge >= 0.3 is 5.97 Å². The molecule has 0 bridgehead atoms. The molecule has 0 aromatic heterocycles. The molecule has 0 atom stereocenters. The molecule has 0 aliphatic heterocycles. The van der Waals surface area contributed by atoms with Crippen molar-refractivity contribution in [3.05, 3.63) is 60.8 Å². The molecule has 0 fully saturated rings. The van der Waals surface area contributed by atoms with E-state index < -0.39 is 0 Å². The second kappa shape index (κ2) is 23.4. The first kappa shape index (κ1) is 30.3. The van der Waals surface area contributed by atoms with Crippen LogP contribution < -0.4 is 0 Å². The van der Waals surface area contributed by atoms with E-state index in [1.54, 1.807) is 0 Å². The molecule has 3 heteroatoms. The van der Waals surface area contributed by atoms with Crippen LogP contribution in [0, 0.1) is 0 Å². The molecule has 3 nitrogen and oxygen atoms in total. The summed E-state index contributed by atoms with van der Waals surface area (Å²) in [6, 6.07) is 0. The van der Waals surface area contributed by atoms with Gasteiger partial charge in [0.1, 0.15) is 13.2 Å². The predicted molar refractivity (Wildman–Crippen MR) is 134 cm³/mol. The van der Waals surface area contributed by atoms with Crippen molar-refractivity contribution in [1.29, 1.82) is 0 Å². The van der Waals surface area contributed by atoms with Crippen LogP contribution in [0.4, 0.5) is 0 Å². The topological polar surface area (TPSA) is 26.3 Å². The fourth-order valence-corrected chi connectivity index (χ4v) is 2.24. The van der Waals surface area contributed by atoms with E-state index in [-0.39, 0.29) is 5.97 Å². The van der Waals surface area contributed by atoms with E-state index >= 15 is 0 Å². The van der Waals surface area contributed by atoms with Gasteiger partial charge in [-0.1, -0.05) is 81.5 Å². The highest BCUT2D eigenvalue weighted by Crippen LogP contribution is 2.01. The maximum atomic E-state index is 11.6. The summed E-state index contributed by atoms with van der Waals surface area (Å²) in [7, 11) is 6.28. The normalized spacial score (nSPS) is 12.5. The van der Waals surface area contributed by atoms with E-state index in [0.29, 0.717) is 13.0 Å². The van der Waals surface area contributed by atoms with Crippen LogP contribution in [0.3, 0.4) is 0 Å². The first-order valence-corrected chi connectivity index (χ1v) is 11.7. The van der Waals surface area contributed by atoms with Crippen LogP contribution in [0.25, 0.3) is 0 Å². The SMILES string of the molecule is CC.CC/C=C\C/C=C\C/C=C\C/C=C\C/C=C\CCCC(=O)OCC[N+](C)(C)C. The number of quaternary nitrogens is 1. The zero-order valence-corrected chi connectivity index (χ0v) is 20.6. The van der Waals surface area contributed by atoms with Crippen molar-refractivity contribution in [2.24, 2.45) is 0 Å². The van der Waals surface area contributed by atoms with Gasteiger partial charge < -0.3 is 9.22 Å². The standard InChI is InChI=1S/C25H42NO2.C2H6/c1-5-6-7-8-9-10-11-12-13-14-15-16-17-18-19-20-21-22-25(27)28-24-23-26(2,3)4;1-2/h6-7,9-10,12-13,15-16,18-19H,5,8,11,14,17,20-24H2,1-4H3;1-2H3/q+1;/b7-6-,10-9-,13-12-,16-15-,19-18-;. The lowest BCUT2D eigenvalue weighted by molar-refractivity contribution is -0.870. The number of hydrogen-bond acceptors (Lipinski definition) is 2. The van der Waals surface area contributed by atoms with E-state index in [9.17, 15) is 4.79 Å². The minimum atomic E-state index is -0.0826. The third kappa shape index (κ3) is 28.3. The molecule has 172 valence electrons. The molecular formula is C27H48NO2+. The molecule has 0 radical (unpaired) electrons. The van der Waals surface area contributed by atoms with Gasteiger partial charge in [0.15, 0.2) is 0 Å². The van der Waals surface area contributed by atoms with Crippen molar-refractivity contribution < 1.29 is 14.0 Å². The molecule has 0 aliphatic rings. The lowest BCUT2D eigenvalue weighted by atomic mass is 10.2. The summed E-state index contributed by atoms with van der Waals surface area (Å²) < 4.78 is 6.06. The maximum Gasteiger partial charge on any atom is 0.306 e. The van der Waals surface area contributed by atoms with Gasteiger partial charge in [0.05, 0.1) is 21.1 Å². The highest BCUT2D eigenvalue weighted by atomic mass is 16.5. The van der Waals surface area contributed by atoms with Gasteiger partial charge in [-0.2, -0.15) is 0 Å². The largest absolute Gasteiger partial charge is 0.460 e. The summed E-state index contributed by atoms with van der Waals surface area (Å²) in [5, 5.41) is 0. The molecule has 0 amide bonds. The quantitative estimate of drug-likeness (QED) is 0.115. The van der Waals surface area contributed by atoms with Crippen LogP contribution in [0.1, 0.15) is 72.1 Å². The van der Waals surface area contributed by atoms with Crippen LogP contribution in [0.2, 0.25) is 0 Å². The van der Waals surface area contributed by atoms with Gasteiger partial charge in [0.2, 0.25) is 0 Å². The molecule has 0 rings (SSSR count). The number of nitrogens with zero attached hydrogens (tertiary/aromatic N) is 1. The molecule has 0 aromatic carbocycles. The van der Waals surface area contributed by atoms with Gasteiger partial charge in [-0.3, -0.25) is 4.79 Å². The lowest BCUT2D eigenvalue weighted by Crippen LogP contribution is -2.37. The molecule has 0 heterocycles. The third-order valence-corrected chi connectivity index (χ3v) is 3.93. The summed E-state index contributed by atoms with van der Waals surface area (Å²) in [5.41, 5.74) is 0. The number of unbranched alkanes of at least 4 members (excludes halogenated alkanes) is 1. The van der Waals surface area contributed by atoms with E-state index in [1.807, 2.05) is 13.8 Å². The Balaban J connectivity index is 0. The molecular weight excluding hydrogens is 370 g/mol. The van der Waals surface area contributed by atoms with Crippen molar-refractivity contribution in [3.63, 3.8) is 0 Å². The molecule has 0 spiro atoms. The molecule has 0 saturated carbocycles. The molecule has 30 heavy (non-hydrogen) atoms. The number of likely N-dealkylation sites (N-methyl/N-ethyl adjacent to an activating group) is 1. The zero-order valence-electron chi connectivity index (χ0n) is 20.6. The molecule has 0 aromatic rings. The number of allylic oxidation sites excluding steroid dienone is 10. The van der Waals surface area contributed by atoms with E-state index in [2.05, 4.69) is 88.8 Å². The van der Waals surface area contributed by atoms with Crippen LogP contribution in [0.15, 0.2) is 60.8 Å². The Bertz CT molecular complexity index is 519. The molecule has 0 aliphatic carbocycles. The predicted octanol–water partition coefficient (Wildman–Crippen LogP) is 7.18. The summed E-state index contributed by atoms with van der Waals surface area (Å²) >= 11 is 0. The first-order chi connectivity index (χ1) is 14.5. The van der Waals surface area contributed by atoms with Gasteiger partial charge in [0, 0.05) is 6.42 Å². The number of esters is 1. The Morgan fingerprint density at radius 1 is 0.733 bits per heavy atom. The number of carbonyl (C=O) groups is 1. The molecule has 0 N–H and O–H groups in total. The average molecular weight is 419 g/mol. The minimum Gasteiger partial charge on any atom is -0.460 e. The third-order valence-electron chi connectivity index (χ3n) is 3.93. The zero-order chi connectivity index (χ0) is 22.9. The monoisotopic (exact) mass is 418 g/mol. The Hall–Kier alpha value is -1.87. The summed E-state index contributed by atoms with van der Waals surface area (Å²) in [6.45, 7) is 7.50. The Morgan fingerprint density at radius 2 is 1.17 bits per heavy atom. The van der Waals surface area contributed by atoms with Crippen molar-refractivity contribution >= 4 is 5.97 Å². The summed E-state index contributed by atoms with van der Waals surface area (Å²) in [6.07, 6.45) is 29.3. The maximum absolute atomic E-state index is 11.6. The first-order valence-electron chi connectivity index (χ1n) is 11.7. The van der Waals surface area contributed by atoms with Crippen molar-refractivity contribution in [2.45, 2.75) is 72.1 Å². The highest BCUT2D eigenvalue weighted by molar-refractivity contribution is 5.69. The second-order valence-electron chi connectivity index (χ2n) is 7.83. The van der Waals surface area contributed by atoms with Gasteiger partial charge in [-0.15, -0.1) is 0 Å². The number of ether oxygens (including phenoxy) is 1. The average Bonchev–Trinajstić information content (AvgIpc) is 2.71. The van der Waals surface area contributed by atoms with E-state index in [0.717, 1.165) is 56.0 Å². The van der Waals surface area contributed by atoms with E-state index in [1.165, 1.54) is 0 Å². The summed E-state index contributed by atoms with van der Waals surface area (Å²) in [5.74, 6) is -0.0826. The Labute approximate surface area is 187 Å². The van der Waals surface area contributed by atoms with Gasteiger partial charge in [-0.05, 0) is 44.9 Å². The van der Waals surface area contributed by atoms with Crippen molar-refractivity contribution in [1.82, 2.24) is 0 Å². The number of carbonyl (C=O) groups excluding carboxylic acids is 1. The number of hydrogen-bond donors (Lipinski definition) is 0. The van der Waals surface area contributed by atoms with Crippen LogP contribution in [-0.2, 0) is 9.53 Å². The van der Waals surface area contributed by atoms with Crippen LogP contribution in [0.5, 0.6) is 0 Å². The van der Waals surface area contributed by atoms with Crippen LogP contribution in [-0.4, -0.2) is 44.7 Å².